The average Bonchev–Trinajstić information content (AvgIpc) is 2.81. The van der Waals surface area contributed by atoms with Crippen molar-refractivity contribution in [2.75, 3.05) is 18.4 Å². The van der Waals surface area contributed by atoms with Crippen LogP contribution >= 0.6 is 0 Å². The number of hydrogen-bond acceptors (Lipinski definition) is 5. The normalized spacial score (nSPS) is 19.6. The molecule has 0 aliphatic carbocycles. The number of piperidine rings is 1. The van der Waals surface area contributed by atoms with Crippen LogP contribution in [0.3, 0.4) is 0 Å². The number of para-hydroxylation sites is 1. The molecule has 0 spiro atoms. The molecule has 3 N–H and O–H groups in total. The zero-order chi connectivity index (χ0) is 22.6. The molecule has 1 aromatic carbocycles. The third-order valence-corrected chi connectivity index (χ3v) is 5.27. The first-order valence-electron chi connectivity index (χ1n) is 10.6. The lowest BCUT2D eigenvalue weighted by molar-refractivity contribution is -0.132. The number of nitrogens with zero attached hydrogens (tertiary/aromatic N) is 1. The quantitative estimate of drug-likeness (QED) is 0.676. The summed E-state index contributed by atoms with van der Waals surface area (Å²) < 4.78 is 5.27. The molecule has 9 heteroatoms. The van der Waals surface area contributed by atoms with Gasteiger partial charge < -0.3 is 25.6 Å². The third kappa shape index (κ3) is 6.19. The van der Waals surface area contributed by atoms with E-state index >= 15 is 0 Å². The maximum Gasteiger partial charge on any atom is 0.407 e. The summed E-state index contributed by atoms with van der Waals surface area (Å²) in [6, 6.07) is 6.00. The number of carbonyl (C=O) groups is 4. The van der Waals surface area contributed by atoms with Gasteiger partial charge in [-0.1, -0.05) is 12.1 Å². The van der Waals surface area contributed by atoms with E-state index < -0.39 is 17.7 Å². The Balaban J connectivity index is 1.45. The lowest BCUT2D eigenvalue weighted by Gasteiger charge is -2.33. The molecule has 2 heterocycles. The van der Waals surface area contributed by atoms with Gasteiger partial charge in [-0.3, -0.25) is 14.4 Å². The molecule has 31 heavy (non-hydrogen) atoms. The Morgan fingerprint density at radius 2 is 1.84 bits per heavy atom. The van der Waals surface area contributed by atoms with Crippen LogP contribution in [0.5, 0.6) is 0 Å². The monoisotopic (exact) mass is 430 g/mol. The number of alkyl carbamates (subject to hydrolysis) is 1. The third-order valence-electron chi connectivity index (χ3n) is 5.27. The number of ether oxygens (including phenoxy) is 1. The number of likely N-dealkylation sites (tertiary alicyclic amines) is 1. The van der Waals surface area contributed by atoms with Crippen molar-refractivity contribution in [1.82, 2.24) is 15.5 Å². The Labute approximate surface area is 181 Å². The molecule has 0 aromatic heterocycles. The van der Waals surface area contributed by atoms with Gasteiger partial charge in [0.25, 0.3) is 5.91 Å². The standard InChI is InChI=1S/C22H30N4O5/c1-22(2,3)31-21(30)23-14-10-12-26(13-11-14)18(27)9-8-17-20(29)24-16-7-5-4-6-15(16)19(28)25-17/h4-7,14,17H,8-13H2,1-3H3,(H,23,30)(H,24,29)(H,25,28). The van der Waals surface area contributed by atoms with Crippen LogP contribution in [0.25, 0.3) is 0 Å². The molecule has 0 radical (unpaired) electrons. The summed E-state index contributed by atoms with van der Waals surface area (Å²) in [5.41, 5.74) is 0.324. The Bertz CT molecular complexity index is 856. The van der Waals surface area contributed by atoms with Gasteiger partial charge in [-0.2, -0.15) is 0 Å². The number of amides is 4. The Hall–Kier alpha value is -3.10. The highest BCUT2D eigenvalue weighted by Crippen LogP contribution is 2.20. The van der Waals surface area contributed by atoms with Crippen LogP contribution in [-0.4, -0.2) is 59.5 Å². The zero-order valence-corrected chi connectivity index (χ0v) is 18.2. The molecule has 0 saturated carbocycles. The second-order valence-corrected chi connectivity index (χ2v) is 8.90. The number of rotatable bonds is 4. The maximum atomic E-state index is 12.6. The SMILES string of the molecule is CC(C)(C)OC(=O)NC1CCN(C(=O)CCC2NC(=O)c3ccccc3NC2=O)CC1. The van der Waals surface area contributed by atoms with Crippen LogP contribution in [0.1, 0.15) is 56.8 Å². The first-order valence-corrected chi connectivity index (χ1v) is 10.6. The summed E-state index contributed by atoms with van der Waals surface area (Å²) >= 11 is 0. The van der Waals surface area contributed by atoms with Crippen molar-refractivity contribution in [3.05, 3.63) is 29.8 Å². The fraction of sp³-hybridized carbons (Fsp3) is 0.545. The van der Waals surface area contributed by atoms with E-state index in [0.29, 0.717) is 37.2 Å². The summed E-state index contributed by atoms with van der Waals surface area (Å²) in [7, 11) is 0. The molecule has 1 atom stereocenters. The second kappa shape index (κ2) is 9.36. The summed E-state index contributed by atoms with van der Waals surface area (Å²) in [6.45, 7) is 6.47. The number of benzene rings is 1. The Morgan fingerprint density at radius 3 is 2.52 bits per heavy atom. The highest BCUT2D eigenvalue weighted by atomic mass is 16.6. The summed E-state index contributed by atoms with van der Waals surface area (Å²) in [4.78, 5) is 51.1. The van der Waals surface area contributed by atoms with Crippen molar-refractivity contribution >= 4 is 29.5 Å². The fourth-order valence-electron chi connectivity index (χ4n) is 3.69. The summed E-state index contributed by atoms with van der Waals surface area (Å²) in [5.74, 6) is -0.730. The fourth-order valence-corrected chi connectivity index (χ4v) is 3.69. The van der Waals surface area contributed by atoms with Crippen molar-refractivity contribution in [2.24, 2.45) is 0 Å². The van der Waals surface area contributed by atoms with Crippen molar-refractivity contribution in [2.45, 2.75) is 64.1 Å². The van der Waals surface area contributed by atoms with E-state index in [1.54, 1.807) is 29.2 Å². The molecule has 1 aromatic rings. The van der Waals surface area contributed by atoms with Crippen LogP contribution in [0.15, 0.2) is 24.3 Å². The van der Waals surface area contributed by atoms with E-state index in [1.807, 2.05) is 20.8 Å². The summed E-state index contributed by atoms with van der Waals surface area (Å²) in [6.07, 6.45) is 1.20. The molecule has 2 aliphatic rings. The van der Waals surface area contributed by atoms with Crippen LogP contribution in [0.4, 0.5) is 10.5 Å². The average molecular weight is 431 g/mol. The number of carbonyl (C=O) groups excluding carboxylic acids is 4. The molecule has 1 unspecified atom stereocenters. The molecule has 9 nitrogen and oxygen atoms in total. The molecule has 2 aliphatic heterocycles. The number of anilines is 1. The molecular formula is C22H30N4O5. The molecule has 168 valence electrons. The van der Waals surface area contributed by atoms with Crippen LogP contribution < -0.4 is 16.0 Å². The highest BCUT2D eigenvalue weighted by molar-refractivity contribution is 6.09. The van der Waals surface area contributed by atoms with E-state index in [9.17, 15) is 19.2 Å². The van der Waals surface area contributed by atoms with E-state index in [1.165, 1.54) is 0 Å². The first kappa shape index (κ1) is 22.6. The Morgan fingerprint density at radius 1 is 1.16 bits per heavy atom. The zero-order valence-electron chi connectivity index (χ0n) is 18.2. The Kier molecular flexibility index (Phi) is 6.82. The molecule has 1 saturated heterocycles. The largest absolute Gasteiger partial charge is 0.444 e. The maximum absolute atomic E-state index is 12.6. The van der Waals surface area contributed by atoms with Gasteiger partial charge in [0.05, 0.1) is 11.3 Å². The first-order chi connectivity index (χ1) is 14.6. The van der Waals surface area contributed by atoms with Gasteiger partial charge in [0.1, 0.15) is 11.6 Å². The topological polar surface area (TPSA) is 117 Å². The number of hydrogen-bond donors (Lipinski definition) is 3. The minimum atomic E-state index is -0.768. The number of nitrogens with one attached hydrogen (secondary N) is 3. The minimum absolute atomic E-state index is 0.0377. The minimum Gasteiger partial charge on any atom is -0.444 e. The van der Waals surface area contributed by atoms with Gasteiger partial charge in [-0.15, -0.1) is 0 Å². The second-order valence-electron chi connectivity index (χ2n) is 8.90. The van der Waals surface area contributed by atoms with Gasteiger partial charge in [-0.05, 0) is 52.2 Å². The van der Waals surface area contributed by atoms with Gasteiger partial charge in [-0.25, -0.2) is 4.79 Å². The van der Waals surface area contributed by atoms with Crippen molar-refractivity contribution in [1.29, 1.82) is 0 Å². The lowest BCUT2D eigenvalue weighted by atomic mass is 10.0. The smallest absolute Gasteiger partial charge is 0.407 e. The van der Waals surface area contributed by atoms with Gasteiger partial charge in [0, 0.05) is 25.6 Å². The lowest BCUT2D eigenvalue weighted by Crippen LogP contribution is -2.48. The van der Waals surface area contributed by atoms with Crippen LogP contribution in [0.2, 0.25) is 0 Å². The van der Waals surface area contributed by atoms with Crippen LogP contribution in [-0.2, 0) is 14.3 Å². The molecule has 0 bridgehead atoms. The molecule has 3 rings (SSSR count). The molecular weight excluding hydrogens is 400 g/mol. The predicted molar refractivity (Wildman–Crippen MR) is 115 cm³/mol. The van der Waals surface area contributed by atoms with Gasteiger partial charge >= 0.3 is 6.09 Å². The van der Waals surface area contributed by atoms with Crippen molar-refractivity contribution < 1.29 is 23.9 Å². The van der Waals surface area contributed by atoms with Gasteiger partial charge in [0.15, 0.2) is 0 Å². The van der Waals surface area contributed by atoms with E-state index in [0.717, 1.165) is 0 Å². The van der Waals surface area contributed by atoms with Gasteiger partial charge in [0.2, 0.25) is 11.8 Å². The predicted octanol–water partition coefficient (Wildman–Crippen LogP) is 2.03. The molecule has 1 fully saturated rings. The highest BCUT2D eigenvalue weighted by Gasteiger charge is 2.30. The van der Waals surface area contributed by atoms with Crippen molar-refractivity contribution in [3.8, 4) is 0 Å². The van der Waals surface area contributed by atoms with E-state index in [-0.39, 0.29) is 36.6 Å². The molecule has 4 amide bonds. The van der Waals surface area contributed by atoms with E-state index in [4.69, 9.17) is 4.74 Å². The van der Waals surface area contributed by atoms with Crippen molar-refractivity contribution in [3.63, 3.8) is 0 Å². The van der Waals surface area contributed by atoms with Crippen LogP contribution in [0, 0.1) is 0 Å². The van der Waals surface area contributed by atoms with E-state index in [2.05, 4.69) is 16.0 Å². The summed E-state index contributed by atoms with van der Waals surface area (Å²) in [5, 5.41) is 8.30. The number of fused-ring (bicyclic) bond motifs is 1.